The van der Waals surface area contributed by atoms with E-state index in [4.69, 9.17) is 5.11 Å². The van der Waals surface area contributed by atoms with E-state index in [9.17, 15) is 18.8 Å². The Morgan fingerprint density at radius 2 is 2.00 bits per heavy atom. The molecule has 6 nitrogen and oxygen atoms in total. The number of likely N-dealkylation sites (tertiary alicyclic amines) is 1. The van der Waals surface area contributed by atoms with Crippen molar-refractivity contribution in [1.29, 1.82) is 0 Å². The van der Waals surface area contributed by atoms with Gasteiger partial charge in [0.1, 0.15) is 5.82 Å². The number of benzene rings is 1. The van der Waals surface area contributed by atoms with Gasteiger partial charge in [-0.25, -0.2) is 4.39 Å². The van der Waals surface area contributed by atoms with E-state index in [1.54, 1.807) is 4.90 Å². The van der Waals surface area contributed by atoms with Crippen molar-refractivity contribution in [3.63, 3.8) is 0 Å². The number of carboxylic acids is 1. The summed E-state index contributed by atoms with van der Waals surface area (Å²) in [7, 11) is 0. The molecule has 130 valence electrons. The molecule has 0 spiro atoms. The average molecular weight is 336 g/mol. The summed E-state index contributed by atoms with van der Waals surface area (Å²) in [6.45, 7) is 2.42. The fourth-order valence-corrected chi connectivity index (χ4v) is 2.64. The van der Waals surface area contributed by atoms with E-state index in [2.05, 4.69) is 5.32 Å². The highest BCUT2D eigenvalue weighted by molar-refractivity contribution is 5.94. The molecule has 1 heterocycles. The number of nitrogens with one attached hydrogen (secondary N) is 1. The molecular weight excluding hydrogens is 315 g/mol. The van der Waals surface area contributed by atoms with Crippen molar-refractivity contribution < 1.29 is 23.9 Å². The Morgan fingerprint density at radius 3 is 2.62 bits per heavy atom. The van der Waals surface area contributed by atoms with Crippen molar-refractivity contribution in [2.45, 2.75) is 19.8 Å². The van der Waals surface area contributed by atoms with Gasteiger partial charge < -0.3 is 15.3 Å². The highest BCUT2D eigenvalue weighted by Gasteiger charge is 2.29. The molecule has 24 heavy (non-hydrogen) atoms. The highest BCUT2D eigenvalue weighted by Crippen LogP contribution is 2.19. The van der Waals surface area contributed by atoms with Gasteiger partial charge in [0, 0.05) is 25.2 Å². The molecule has 1 aliphatic rings. The summed E-state index contributed by atoms with van der Waals surface area (Å²) in [4.78, 5) is 37.0. The Labute approximate surface area is 139 Å². The van der Waals surface area contributed by atoms with Crippen LogP contribution in [0.15, 0.2) is 24.3 Å². The van der Waals surface area contributed by atoms with Crippen LogP contribution in [0, 0.1) is 17.7 Å². The summed E-state index contributed by atoms with van der Waals surface area (Å²) in [6.07, 6.45) is 1.35. The summed E-state index contributed by atoms with van der Waals surface area (Å²) in [6, 6.07) is 5.31. The molecule has 2 amide bonds. The van der Waals surface area contributed by atoms with E-state index in [1.807, 2.05) is 0 Å². The molecule has 1 aliphatic heterocycles. The first kappa shape index (κ1) is 17.9. The van der Waals surface area contributed by atoms with Crippen LogP contribution >= 0.6 is 0 Å². The Kier molecular flexibility index (Phi) is 5.89. The Hall–Kier alpha value is -2.44. The second-order valence-electron chi connectivity index (χ2n) is 6.08. The lowest BCUT2D eigenvalue weighted by atomic mass is 9.96. The predicted octanol–water partition coefficient (Wildman–Crippen LogP) is 1.51. The van der Waals surface area contributed by atoms with Gasteiger partial charge in [0.2, 0.25) is 5.91 Å². The number of piperidine rings is 1. The van der Waals surface area contributed by atoms with Gasteiger partial charge in [-0.3, -0.25) is 14.4 Å². The fourth-order valence-electron chi connectivity index (χ4n) is 2.64. The van der Waals surface area contributed by atoms with Crippen LogP contribution in [-0.4, -0.2) is 47.4 Å². The largest absolute Gasteiger partial charge is 0.481 e. The lowest BCUT2D eigenvalue weighted by Crippen LogP contribution is -2.46. The maximum atomic E-state index is 12.9. The Morgan fingerprint density at radius 1 is 1.33 bits per heavy atom. The Bertz CT molecular complexity index is 618. The number of nitrogens with zero attached hydrogens (tertiary/aromatic N) is 1. The normalized spacial score (nSPS) is 18.8. The van der Waals surface area contributed by atoms with Gasteiger partial charge in [-0.15, -0.1) is 0 Å². The maximum Gasteiger partial charge on any atom is 0.308 e. The number of carboxylic acid groups (broad SMARTS) is 1. The van der Waals surface area contributed by atoms with Crippen LogP contribution < -0.4 is 5.32 Å². The predicted molar refractivity (Wildman–Crippen MR) is 84.8 cm³/mol. The number of rotatable bonds is 5. The molecule has 0 aromatic heterocycles. The summed E-state index contributed by atoms with van der Waals surface area (Å²) < 4.78 is 12.9. The fraction of sp³-hybridized carbons (Fsp3) is 0.471. The van der Waals surface area contributed by atoms with E-state index in [0.717, 1.165) is 0 Å². The smallest absolute Gasteiger partial charge is 0.308 e. The average Bonchev–Trinajstić information content (AvgIpc) is 2.59. The molecule has 2 atom stereocenters. The minimum absolute atomic E-state index is 0.0660. The van der Waals surface area contributed by atoms with Gasteiger partial charge in [0.15, 0.2) is 0 Å². The second kappa shape index (κ2) is 7.90. The van der Waals surface area contributed by atoms with E-state index < -0.39 is 17.7 Å². The molecule has 0 radical (unpaired) electrons. The van der Waals surface area contributed by atoms with E-state index in [-0.39, 0.29) is 30.8 Å². The first-order chi connectivity index (χ1) is 11.4. The first-order valence-corrected chi connectivity index (χ1v) is 7.94. The quantitative estimate of drug-likeness (QED) is 0.853. The monoisotopic (exact) mass is 336 g/mol. The van der Waals surface area contributed by atoms with Gasteiger partial charge in [-0.2, -0.15) is 0 Å². The van der Waals surface area contributed by atoms with E-state index in [0.29, 0.717) is 24.9 Å². The van der Waals surface area contributed by atoms with Gasteiger partial charge in [-0.05, 0) is 37.1 Å². The second-order valence-corrected chi connectivity index (χ2v) is 6.08. The lowest BCUT2D eigenvalue weighted by molar-refractivity contribution is -0.141. The molecule has 1 fully saturated rings. The summed E-state index contributed by atoms with van der Waals surface area (Å²) in [5.41, 5.74) is 0.386. The molecule has 2 unspecified atom stereocenters. The minimum atomic E-state index is -0.966. The van der Waals surface area contributed by atoms with Crippen LogP contribution in [-0.2, 0) is 9.59 Å². The van der Waals surface area contributed by atoms with Crippen LogP contribution in [0.5, 0.6) is 0 Å². The first-order valence-electron chi connectivity index (χ1n) is 7.94. The zero-order chi connectivity index (χ0) is 17.7. The molecule has 1 aromatic rings. The Balaban J connectivity index is 1.93. The number of amides is 2. The number of hydrogen-bond donors (Lipinski definition) is 2. The van der Waals surface area contributed by atoms with Crippen LogP contribution in [0.2, 0.25) is 0 Å². The number of hydrogen-bond acceptors (Lipinski definition) is 3. The van der Waals surface area contributed by atoms with Gasteiger partial charge in [-0.1, -0.05) is 6.92 Å². The summed E-state index contributed by atoms with van der Waals surface area (Å²) >= 11 is 0. The molecule has 7 heteroatoms. The van der Waals surface area contributed by atoms with Crippen LogP contribution in [0.1, 0.15) is 30.1 Å². The summed E-state index contributed by atoms with van der Waals surface area (Å²) in [5, 5.41) is 11.5. The standard InChI is InChI=1S/C17H21FN2O4/c1-11(17(23)24)9-19-15(21)13-3-2-8-20(10-13)16(22)12-4-6-14(18)7-5-12/h4-7,11,13H,2-3,8-10H2,1H3,(H,19,21)(H,23,24). The number of aliphatic carboxylic acids is 1. The van der Waals surface area contributed by atoms with Crippen molar-refractivity contribution in [3.8, 4) is 0 Å². The third-order valence-electron chi connectivity index (χ3n) is 4.17. The van der Waals surface area contributed by atoms with E-state index >= 15 is 0 Å². The molecule has 2 N–H and O–H groups in total. The van der Waals surface area contributed by atoms with Crippen LogP contribution in [0.4, 0.5) is 4.39 Å². The molecule has 2 rings (SSSR count). The lowest BCUT2D eigenvalue weighted by Gasteiger charge is -2.32. The highest BCUT2D eigenvalue weighted by atomic mass is 19.1. The number of carbonyl (C=O) groups is 3. The van der Waals surface area contributed by atoms with Crippen molar-refractivity contribution in [2.75, 3.05) is 19.6 Å². The molecule has 1 saturated heterocycles. The zero-order valence-electron chi connectivity index (χ0n) is 13.5. The van der Waals surface area contributed by atoms with E-state index in [1.165, 1.54) is 31.2 Å². The maximum absolute atomic E-state index is 12.9. The molecule has 1 aromatic carbocycles. The van der Waals surface area contributed by atoms with Gasteiger partial charge in [0.25, 0.3) is 5.91 Å². The van der Waals surface area contributed by atoms with Crippen molar-refractivity contribution in [1.82, 2.24) is 10.2 Å². The number of carbonyl (C=O) groups excluding carboxylic acids is 2. The molecule has 0 bridgehead atoms. The van der Waals surface area contributed by atoms with Crippen LogP contribution in [0.3, 0.4) is 0 Å². The minimum Gasteiger partial charge on any atom is -0.481 e. The zero-order valence-corrected chi connectivity index (χ0v) is 13.5. The third kappa shape index (κ3) is 4.53. The molecule has 0 aliphatic carbocycles. The van der Waals surface area contributed by atoms with Crippen molar-refractivity contribution in [3.05, 3.63) is 35.6 Å². The van der Waals surface area contributed by atoms with Crippen molar-refractivity contribution >= 4 is 17.8 Å². The molecule has 0 saturated carbocycles. The SMILES string of the molecule is CC(CNC(=O)C1CCCN(C(=O)c2ccc(F)cc2)C1)C(=O)O. The summed E-state index contributed by atoms with van der Waals surface area (Å²) in [5.74, 6) is -2.85. The topological polar surface area (TPSA) is 86.7 Å². The van der Waals surface area contributed by atoms with Crippen molar-refractivity contribution in [2.24, 2.45) is 11.8 Å². The van der Waals surface area contributed by atoms with Crippen LogP contribution in [0.25, 0.3) is 0 Å². The third-order valence-corrected chi connectivity index (χ3v) is 4.17. The molecular formula is C17H21FN2O4. The van der Waals surface area contributed by atoms with Gasteiger partial charge >= 0.3 is 5.97 Å². The van der Waals surface area contributed by atoms with Gasteiger partial charge in [0.05, 0.1) is 11.8 Å². The number of halogens is 1.